The van der Waals surface area contributed by atoms with Gasteiger partial charge in [-0.15, -0.1) is 0 Å². The first-order chi connectivity index (χ1) is 5.79. The molecule has 0 radical (unpaired) electrons. The number of ketones is 1. The maximum absolute atomic E-state index is 11.6. The first-order valence-corrected chi connectivity index (χ1v) is 9.78. The summed E-state index contributed by atoms with van der Waals surface area (Å²) in [4.78, 5) is 11.6. The Hall–Kier alpha value is 0.709. The molecule has 0 aromatic heterocycles. The molecule has 1 aliphatic carbocycles. The van der Waals surface area contributed by atoms with Gasteiger partial charge in [-0.25, -0.2) is 0 Å². The topological polar surface area (TPSA) is 17.1 Å². The monoisotopic (exact) mass is 300 g/mol. The van der Waals surface area contributed by atoms with Gasteiger partial charge in [0.2, 0.25) is 0 Å². The van der Waals surface area contributed by atoms with Crippen LogP contribution in [0.5, 0.6) is 0 Å². The molecule has 70 valence electrons. The third-order valence-corrected chi connectivity index (χ3v) is 9.92. The predicted molar refractivity (Wildman–Crippen MR) is 54.0 cm³/mol. The Balaban J connectivity index is 2.51. The molecule has 0 bridgehead atoms. The van der Waals surface area contributed by atoms with Gasteiger partial charge in [0.05, 0.1) is 0 Å². The van der Waals surface area contributed by atoms with E-state index in [2.05, 4.69) is 11.6 Å². The van der Waals surface area contributed by atoms with Crippen LogP contribution in [0.3, 0.4) is 0 Å². The summed E-state index contributed by atoms with van der Waals surface area (Å²) in [7, 11) is 0. The summed E-state index contributed by atoms with van der Waals surface area (Å²) in [6, 6.07) is 0. The molecular weight excluding hydrogens is 282 g/mol. The number of carbonyl (C=O) groups is 1. The number of hydrogen-bond donors (Lipinski definition) is 0. The van der Waals surface area contributed by atoms with E-state index in [0.29, 0.717) is 41.6 Å². The first-order valence-electron chi connectivity index (χ1n) is 4.38. The molecule has 1 nitrogen and oxygen atoms in total. The van der Waals surface area contributed by atoms with Gasteiger partial charge in [-0.2, -0.15) is 0 Å². The summed E-state index contributed by atoms with van der Waals surface area (Å²) in [5.41, 5.74) is 0. The number of carbonyl (C=O) groups excluding carboxylic acids is 1. The van der Waals surface area contributed by atoms with Crippen molar-refractivity contribution in [2.24, 2.45) is 5.92 Å². The van der Waals surface area contributed by atoms with Gasteiger partial charge >= 0.3 is 87.5 Å². The average molecular weight is 298 g/mol. The van der Waals surface area contributed by atoms with Crippen LogP contribution in [0.2, 0.25) is 15.4 Å². The molecule has 0 spiro atoms. The molecular formula is C9H16OSe2. The fourth-order valence-corrected chi connectivity index (χ4v) is 6.81. The average Bonchev–Trinajstić information content (AvgIpc) is 2.10. The van der Waals surface area contributed by atoms with Crippen LogP contribution in [0.1, 0.15) is 25.7 Å². The second kappa shape index (κ2) is 5.44. The van der Waals surface area contributed by atoms with Crippen molar-refractivity contribution in [2.45, 2.75) is 41.0 Å². The standard InChI is InChI=1S/C9H16OSe2/c1-11-9(12-2)7-5-3-4-6-8(7)10/h7,9H,3-6H2,1-2H3. The van der Waals surface area contributed by atoms with Crippen LogP contribution < -0.4 is 0 Å². The van der Waals surface area contributed by atoms with Gasteiger partial charge in [-0.1, -0.05) is 0 Å². The Bertz CT molecular complexity index is 155. The molecule has 12 heavy (non-hydrogen) atoms. The molecule has 3 heteroatoms. The molecule has 0 amide bonds. The molecule has 0 heterocycles. The third kappa shape index (κ3) is 2.60. The molecule has 0 saturated heterocycles. The molecule has 1 fully saturated rings. The summed E-state index contributed by atoms with van der Waals surface area (Å²) in [5, 5.41) is 0. The third-order valence-electron chi connectivity index (χ3n) is 2.40. The van der Waals surface area contributed by atoms with Crippen LogP contribution in [0.15, 0.2) is 0 Å². The Morgan fingerprint density at radius 3 is 2.50 bits per heavy atom. The second-order valence-corrected chi connectivity index (χ2v) is 8.78. The molecule has 0 aromatic carbocycles. The van der Waals surface area contributed by atoms with E-state index in [1.165, 1.54) is 12.8 Å². The van der Waals surface area contributed by atoms with E-state index in [4.69, 9.17) is 0 Å². The normalized spacial score (nSPS) is 24.9. The zero-order valence-electron chi connectivity index (χ0n) is 7.71. The van der Waals surface area contributed by atoms with Crippen molar-refractivity contribution in [1.82, 2.24) is 0 Å². The fraction of sp³-hybridized carbons (Fsp3) is 0.889. The van der Waals surface area contributed by atoms with Crippen LogP contribution in [0.25, 0.3) is 0 Å². The minimum absolute atomic E-state index is 0.466. The van der Waals surface area contributed by atoms with Gasteiger partial charge in [-0.3, -0.25) is 0 Å². The molecule has 1 saturated carbocycles. The van der Waals surface area contributed by atoms with Gasteiger partial charge in [0.1, 0.15) is 0 Å². The van der Waals surface area contributed by atoms with Gasteiger partial charge in [0.15, 0.2) is 0 Å². The summed E-state index contributed by atoms with van der Waals surface area (Å²) in [6.07, 6.45) is 4.50. The zero-order chi connectivity index (χ0) is 8.97. The van der Waals surface area contributed by atoms with E-state index < -0.39 is 0 Å². The van der Waals surface area contributed by atoms with Crippen molar-refractivity contribution in [3.05, 3.63) is 0 Å². The van der Waals surface area contributed by atoms with E-state index in [1.54, 1.807) is 0 Å². The molecule has 0 aromatic rings. The maximum atomic E-state index is 11.6. The molecule has 0 N–H and O–H groups in total. The molecule has 0 aliphatic heterocycles. The molecule has 1 atom stereocenters. The predicted octanol–water partition coefficient (Wildman–Crippen LogP) is 2.00. The molecule has 1 rings (SSSR count). The van der Waals surface area contributed by atoms with E-state index in [0.717, 1.165) is 16.6 Å². The van der Waals surface area contributed by atoms with Gasteiger partial charge in [0.25, 0.3) is 0 Å². The zero-order valence-corrected chi connectivity index (χ0v) is 11.1. The quantitative estimate of drug-likeness (QED) is 0.728. The van der Waals surface area contributed by atoms with Crippen LogP contribution in [-0.2, 0) is 4.79 Å². The summed E-state index contributed by atoms with van der Waals surface area (Å²) < 4.78 is 0.790. The van der Waals surface area contributed by atoms with Gasteiger partial charge < -0.3 is 0 Å². The Morgan fingerprint density at radius 2 is 2.00 bits per heavy atom. The Kier molecular flexibility index (Phi) is 4.89. The van der Waals surface area contributed by atoms with Gasteiger partial charge in [0, 0.05) is 0 Å². The van der Waals surface area contributed by atoms with Crippen LogP contribution in [0.4, 0.5) is 0 Å². The van der Waals surface area contributed by atoms with E-state index in [9.17, 15) is 4.79 Å². The molecule has 1 unspecified atom stereocenters. The van der Waals surface area contributed by atoms with Crippen molar-refractivity contribution >= 4 is 35.7 Å². The van der Waals surface area contributed by atoms with E-state index in [-0.39, 0.29) is 0 Å². The van der Waals surface area contributed by atoms with Crippen molar-refractivity contribution in [2.75, 3.05) is 0 Å². The molecule has 1 aliphatic rings. The first kappa shape index (κ1) is 10.8. The van der Waals surface area contributed by atoms with E-state index >= 15 is 0 Å². The Labute approximate surface area is 87.4 Å². The van der Waals surface area contributed by atoms with Crippen molar-refractivity contribution < 1.29 is 4.79 Å². The second-order valence-electron chi connectivity index (χ2n) is 3.16. The SMILES string of the molecule is C[Se]C([Se]C)C1CCCCC1=O. The minimum atomic E-state index is 0.466. The Morgan fingerprint density at radius 1 is 1.33 bits per heavy atom. The number of rotatable bonds is 3. The number of Topliss-reactive ketones (excluding diaryl/α,β-unsaturated/α-hetero) is 1. The van der Waals surface area contributed by atoms with Crippen LogP contribution >= 0.6 is 0 Å². The van der Waals surface area contributed by atoms with Gasteiger partial charge in [-0.05, 0) is 0 Å². The number of hydrogen-bond acceptors (Lipinski definition) is 1. The van der Waals surface area contributed by atoms with E-state index in [1.807, 2.05) is 0 Å². The fourth-order valence-electron chi connectivity index (χ4n) is 1.72. The van der Waals surface area contributed by atoms with Crippen molar-refractivity contribution in [1.29, 1.82) is 0 Å². The van der Waals surface area contributed by atoms with Crippen molar-refractivity contribution in [3.8, 4) is 0 Å². The van der Waals surface area contributed by atoms with Crippen LogP contribution in [-0.4, -0.2) is 35.7 Å². The summed E-state index contributed by atoms with van der Waals surface area (Å²) in [5.74, 6) is 5.60. The van der Waals surface area contributed by atoms with Crippen LogP contribution in [0, 0.1) is 5.92 Å². The summed E-state index contributed by atoms with van der Waals surface area (Å²) >= 11 is 1.37. The van der Waals surface area contributed by atoms with Crippen molar-refractivity contribution in [3.63, 3.8) is 0 Å². The summed E-state index contributed by atoms with van der Waals surface area (Å²) in [6.45, 7) is 0.